The highest BCUT2D eigenvalue weighted by atomic mass is 35.5. The summed E-state index contributed by atoms with van der Waals surface area (Å²) in [6.07, 6.45) is 1.39. The van der Waals surface area contributed by atoms with Gasteiger partial charge in [0.25, 0.3) is 0 Å². The van der Waals surface area contributed by atoms with E-state index < -0.39 is 6.04 Å². The molecule has 3 N–H and O–H groups in total. The average molecular weight is 388 g/mol. The minimum absolute atomic E-state index is 0. The van der Waals surface area contributed by atoms with E-state index in [1.165, 1.54) is 12.1 Å². The zero-order chi connectivity index (χ0) is 18.4. The summed E-state index contributed by atoms with van der Waals surface area (Å²) in [5.74, 6) is -0.0787. The predicted octanol–water partition coefficient (Wildman–Crippen LogP) is 1.72. The standard InChI is InChI=1S/C18H26FN3O3.ClH/c1-12(2)17(20)18(24)21-11-16(23)22-9-7-15(8-10-22)25-14-5-3-13(19)4-6-14;/h3-6,12,15,17H,7-11,20H2,1-2H3,(H,21,24);1H/t17-;/m0./s1. The molecule has 0 unspecified atom stereocenters. The molecule has 1 aromatic carbocycles. The van der Waals surface area contributed by atoms with Gasteiger partial charge in [0.05, 0.1) is 12.6 Å². The van der Waals surface area contributed by atoms with Gasteiger partial charge in [-0.15, -0.1) is 12.4 Å². The van der Waals surface area contributed by atoms with Gasteiger partial charge in [0.15, 0.2) is 0 Å². The van der Waals surface area contributed by atoms with Crippen molar-refractivity contribution >= 4 is 24.2 Å². The van der Waals surface area contributed by atoms with Crippen LogP contribution in [-0.2, 0) is 9.59 Å². The van der Waals surface area contributed by atoms with Gasteiger partial charge in [-0.3, -0.25) is 9.59 Å². The Kier molecular flexibility index (Phi) is 8.81. The van der Waals surface area contributed by atoms with Crippen molar-refractivity contribution in [1.29, 1.82) is 0 Å². The first-order valence-corrected chi connectivity index (χ1v) is 8.60. The maximum atomic E-state index is 12.9. The molecule has 1 aliphatic rings. The number of ether oxygens (including phenoxy) is 1. The molecule has 8 heteroatoms. The summed E-state index contributed by atoms with van der Waals surface area (Å²) in [4.78, 5) is 25.7. The lowest BCUT2D eigenvalue weighted by atomic mass is 10.1. The van der Waals surface area contributed by atoms with Crippen LogP contribution in [0.4, 0.5) is 4.39 Å². The van der Waals surface area contributed by atoms with Gasteiger partial charge in [-0.1, -0.05) is 13.8 Å². The number of nitrogens with two attached hydrogens (primary N) is 1. The summed E-state index contributed by atoms with van der Waals surface area (Å²) in [7, 11) is 0. The van der Waals surface area contributed by atoms with Gasteiger partial charge in [0, 0.05) is 25.9 Å². The molecule has 1 saturated heterocycles. The van der Waals surface area contributed by atoms with Gasteiger partial charge in [-0.05, 0) is 30.2 Å². The number of hydrogen-bond acceptors (Lipinski definition) is 4. The third-order valence-electron chi connectivity index (χ3n) is 4.35. The minimum Gasteiger partial charge on any atom is -0.490 e. The van der Waals surface area contributed by atoms with Crippen LogP contribution in [0.2, 0.25) is 0 Å². The second-order valence-corrected chi connectivity index (χ2v) is 6.64. The van der Waals surface area contributed by atoms with Crippen molar-refractivity contribution in [3.63, 3.8) is 0 Å². The highest BCUT2D eigenvalue weighted by Crippen LogP contribution is 2.19. The van der Waals surface area contributed by atoms with Crippen LogP contribution in [0.5, 0.6) is 5.75 Å². The van der Waals surface area contributed by atoms with Gasteiger partial charge in [-0.2, -0.15) is 0 Å². The Hall–Kier alpha value is -1.86. The zero-order valence-corrected chi connectivity index (χ0v) is 15.9. The second-order valence-electron chi connectivity index (χ2n) is 6.64. The molecule has 1 aliphatic heterocycles. The Morgan fingerprint density at radius 3 is 2.38 bits per heavy atom. The smallest absolute Gasteiger partial charge is 0.241 e. The number of halogens is 2. The maximum Gasteiger partial charge on any atom is 0.241 e. The van der Waals surface area contributed by atoms with E-state index in [4.69, 9.17) is 10.5 Å². The van der Waals surface area contributed by atoms with Crippen molar-refractivity contribution < 1.29 is 18.7 Å². The van der Waals surface area contributed by atoms with Crippen molar-refractivity contribution in [2.45, 2.75) is 38.8 Å². The minimum atomic E-state index is -0.609. The summed E-state index contributed by atoms with van der Waals surface area (Å²) < 4.78 is 18.7. The summed E-state index contributed by atoms with van der Waals surface area (Å²) in [5.41, 5.74) is 5.75. The number of nitrogens with zero attached hydrogens (tertiary/aromatic N) is 1. The Balaban J connectivity index is 0.00000338. The van der Waals surface area contributed by atoms with Crippen molar-refractivity contribution in [3.05, 3.63) is 30.1 Å². The van der Waals surface area contributed by atoms with E-state index in [0.29, 0.717) is 31.7 Å². The fraction of sp³-hybridized carbons (Fsp3) is 0.556. The summed E-state index contributed by atoms with van der Waals surface area (Å²) in [5, 5.41) is 2.60. The number of likely N-dealkylation sites (tertiary alicyclic amines) is 1. The van der Waals surface area contributed by atoms with Gasteiger partial charge >= 0.3 is 0 Å². The van der Waals surface area contributed by atoms with Crippen LogP contribution in [0.25, 0.3) is 0 Å². The molecule has 1 atom stereocenters. The first kappa shape index (κ1) is 22.2. The third-order valence-corrected chi connectivity index (χ3v) is 4.35. The molecule has 0 bridgehead atoms. The van der Waals surface area contributed by atoms with E-state index in [9.17, 15) is 14.0 Å². The molecule has 0 spiro atoms. The van der Waals surface area contributed by atoms with Gasteiger partial charge in [-0.25, -0.2) is 4.39 Å². The Morgan fingerprint density at radius 2 is 1.85 bits per heavy atom. The molecular weight excluding hydrogens is 361 g/mol. The molecule has 1 fully saturated rings. The van der Waals surface area contributed by atoms with Crippen LogP contribution in [0.1, 0.15) is 26.7 Å². The molecule has 0 saturated carbocycles. The lowest BCUT2D eigenvalue weighted by molar-refractivity contribution is -0.134. The van der Waals surface area contributed by atoms with E-state index >= 15 is 0 Å². The van der Waals surface area contributed by atoms with Crippen LogP contribution < -0.4 is 15.8 Å². The normalized spacial score (nSPS) is 16.0. The largest absolute Gasteiger partial charge is 0.490 e. The van der Waals surface area contributed by atoms with E-state index in [0.717, 1.165) is 0 Å². The Bertz CT molecular complexity index is 590. The van der Waals surface area contributed by atoms with Gasteiger partial charge < -0.3 is 20.7 Å². The number of carbonyl (C=O) groups excluding carboxylic acids is 2. The van der Waals surface area contributed by atoms with Gasteiger partial charge in [0.2, 0.25) is 11.8 Å². The molecule has 2 rings (SSSR count). The SMILES string of the molecule is CC(C)[C@H](N)C(=O)NCC(=O)N1CCC(Oc2ccc(F)cc2)CC1.Cl. The average Bonchev–Trinajstić information content (AvgIpc) is 2.61. The first-order chi connectivity index (χ1) is 11.9. The number of benzene rings is 1. The molecule has 1 aromatic rings. The van der Waals surface area contributed by atoms with Crippen LogP contribution in [-0.4, -0.2) is 48.5 Å². The van der Waals surface area contributed by atoms with E-state index in [-0.39, 0.29) is 48.6 Å². The number of rotatable bonds is 6. The molecule has 0 aromatic heterocycles. The van der Waals surface area contributed by atoms with Crippen LogP contribution in [0, 0.1) is 11.7 Å². The highest BCUT2D eigenvalue weighted by molar-refractivity contribution is 5.87. The van der Waals surface area contributed by atoms with E-state index in [2.05, 4.69) is 5.32 Å². The Morgan fingerprint density at radius 1 is 1.27 bits per heavy atom. The van der Waals surface area contributed by atoms with E-state index in [1.54, 1.807) is 17.0 Å². The maximum absolute atomic E-state index is 12.9. The van der Waals surface area contributed by atoms with Crippen molar-refractivity contribution in [3.8, 4) is 5.75 Å². The van der Waals surface area contributed by atoms with Crippen molar-refractivity contribution in [2.24, 2.45) is 11.7 Å². The number of hydrogen-bond donors (Lipinski definition) is 2. The quantitative estimate of drug-likeness (QED) is 0.778. The number of nitrogens with one attached hydrogen (secondary N) is 1. The fourth-order valence-corrected chi connectivity index (χ4v) is 2.62. The third kappa shape index (κ3) is 6.46. The molecular formula is C18H27ClFN3O3. The number of amides is 2. The van der Waals surface area contributed by atoms with Crippen molar-refractivity contribution in [2.75, 3.05) is 19.6 Å². The summed E-state index contributed by atoms with van der Waals surface area (Å²) in [6.45, 7) is 4.81. The van der Waals surface area contributed by atoms with Crippen LogP contribution in [0.15, 0.2) is 24.3 Å². The molecule has 1 heterocycles. The lowest BCUT2D eigenvalue weighted by Gasteiger charge is -2.32. The fourth-order valence-electron chi connectivity index (χ4n) is 2.62. The molecule has 26 heavy (non-hydrogen) atoms. The molecule has 146 valence electrons. The topological polar surface area (TPSA) is 84.7 Å². The Labute approximate surface area is 159 Å². The second kappa shape index (κ2) is 10.3. The lowest BCUT2D eigenvalue weighted by Crippen LogP contribution is -2.49. The predicted molar refractivity (Wildman–Crippen MR) is 99.7 cm³/mol. The summed E-state index contributed by atoms with van der Waals surface area (Å²) in [6, 6.07) is 5.31. The van der Waals surface area contributed by atoms with Gasteiger partial charge in [0.1, 0.15) is 17.7 Å². The highest BCUT2D eigenvalue weighted by Gasteiger charge is 2.25. The first-order valence-electron chi connectivity index (χ1n) is 8.60. The molecule has 0 aliphatic carbocycles. The molecule has 2 amide bonds. The summed E-state index contributed by atoms with van der Waals surface area (Å²) >= 11 is 0. The van der Waals surface area contributed by atoms with E-state index in [1.807, 2.05) is 13.8 Å². The molecule has 6 nitrogen and oxygen atoms in total. The monoisotopic (exact) mass is 387 g/mol. The number of carbonyl (C=O) groups is 2. The molecule has 0 radical (unpaired) electrons. The zero-order valence-electron chi connectivity index (χ0n) is 15.1. The van der Waals surface area contributed by atoms with Crippen molar-refractivity contribution in [1.82, 2.24) is 10.2 Å². The number of piperidine rings is 1. The van der Waals surface area contributed by atoms with Crippen LogP contribution >= 0.6 is 12.4 Å². The van der Waals surface area contributed by atoms with Crippen LogP contribution in [0.3, 0.4) is 0 Å².